The molecule has 0 aliphatic heterocycles. The van der Waals surface area contributed by atoms with Crippen LogP contribution in [0.2, 0.25) is 10.0 Å². The van der Waals surface area contributed by atoms with Crippen LogP contribution in [0.25, 0.3) is 23.2 Å². The van der Waals surface area contributed by atoms with Crippen LogP contribution < -0.4 is 10.6 Å². The molecule has 2 unspecified atom stereocenters. The van der Waals surface area contributed by atoms with Crippen molar-refractivity contribution in [2.75, 3.05) is 27.2 Å². The number of esters is 2. The summed E-state index contributed by atoms with van der Waals surface area (Å²) in [5, 5.41) is 48.0. The lowest BCUT2D eigenvalue weighted by molar-refractivity contribution is -0.233. The number of allylic oxidation sites excluding steroid dienone is 4. The fourth-order valence-corrected chi connectivity index (χ4v) is 28.2. The zero-order valence-corrected chi connectivity index (χ0v) is 73.1. The number of nitrogens with one attached hydrogen (secondary N) is 2. The van der Waals surface area contributed by atoms with Gasteiger partial charge in [0, 0.05) is 92.3 Å². The molecule has 114 heavy (non-hydrogen) atoms. The van der Waals surface area contributed by atoms with E-state index in [-0.39, 0.29) is 108 Å². The molecule has 4 aromatic heterocycles. The molecule has 0 saturated heterocycles. The molecule has 622 valence electrons. The summed E-state index contributed by atoms with van der Waals surface area (Å²) < 4.78 is 17.2. The fourth-order valence-electron chi connectivity index (χ4n) is 28.0. The number of pyridine rings is 1. The number of likely N-dealkylation sites (N-methyl/N-ethyl adjacent to an activating group) is 2. The van der Waals surface area contributed by atoms with Gasteiger partial charge in [0.15, 0.2) is 23.2 Å². The number of hydrogen-bond donors (Lipinski definition) is 4. The summed E-state index contributed by atoms with van der Waals surface area (Å²) in [5.74, 6) is 2.27. The number of aliphatic carboxylic acids is 2. The molecule has 0 spiro atoms. The highest BCUT2D eigenvalue weighted by Crippen LogP contribution is 2.80. The lowest BCUT2D eigenvalue weighted by atomic mass is 9.33. The number of aromatic nitrogens is 9. The van der Waals surface area contributed by atoms with Crippen molar-refractivity contribution in [3.63, 3.8) is 0 Å². The molecule has 0 radical (unpaired) electrons. The second-order valence-electron chi connectivity index (χ2n) is 41.8. The van der Waals surface area contributed by atoms with Gasteiger partial charge in [0.25, 0.3) is 0 Å². The number of carbonyl (C=O) groups is 6. The number of fused-ring (bicyclic) bond motifs is 14. The van der Waals surface area contributed by atoms with Crippen LogP contribution in [-0.4, -0.2) is 130 Å². The zero-order valence-electron chi connectivity index (χ0n) is 71.6. The average Bonchev–Trinajstić information content (AvgIpc) is 1.24. The van der Waals surface area contributed by atoms with Gasteiger partial charge in [-0.25, -0.2) is 15.0 Å². The standard InChI is InChI=1S/C91H129Cl2N11O10/c1-51(2)71-59(105)43-90(36-34-86(14)54(73(71)90)20-24-63-84(12)30-28-65(113-69(107)47-80(5,6)78(109)110)81(7,8)61(84)26-32-88(63,86)16)45-67-99-101-76(103(67)40-38-94-18)57-23-22-56(93)58(98-57)42-83(11,79(111)112)48-70(108)114-66-29-31-85(13)62(82(66,9)10)27-33-89(17)64(85)25-21-55-74-72(52(3)4)60(106)44-91(74,37-35-87(55,89)15)46-68-100-102-77(104(68)41-39-95-19)75-96-49-53(92)50-97-75/h22-23,49-52,54-55,61-66,94-95H,20-21,24-48H2,1-19H3,(H,109,110)(H,111,112)/t54-,55?,61+,62+,63-,64-,65+,66+,83?,84+,85+,86-,87-,88-,89-,90+,91+/m1/s1. The minimum Gasteiger partial charge on any atom is -0.481 e. The SMILES string of the molecule is CNCCn1c(C[C@@]23CC[C@]4(C)[C@H](CC[C@@H]5[C@@]6(C)CC[C@H](OC(=O)CC(C)(C)C(=O)O)C(C)(C)[C@@H]6CC[C@]54C)C2=C(C(C)C)C(=O)C3)nnc1-c1ccc(Cl)c(CC(C)(CC(=O)O[C@H]2CC[C@]3(C)[C@H]4CCC5C6=C(C(C)C)C(=O)C[C@]6(Cc6nnc(-c7ncc(Cl)cn7)n6CCNC)CC[C@@]5(C)[C@]4(C)CC[C@H]3C2(C)C)C(=O)O)n1. The van der Waals surface area contributed by atoms with E-state index in [1.807, 2.05) is 14.1 Å². The third-order valence-corrected chi connectivity index (χ3v) is 34.7. The molecular weight excluding hydrogens is 1480 g/mol. The van der Waals surface area contributed by atoms with Crippen LogP contribution in [0.5, 0.6) is 0 Å². The second kappa shape index (κ2) is 29.6. The van der Waals surface area contributed by atoms with E-state index < -0.39 is 58.1 Å². The summed E-state index contributed by atoms with van der Waals surface area (Å²) >= 11 is 13.3. The van der Waals surface area contributed by atoms with Crippen molar-refractivity contribution >= 4 is 58.6 Å². The normalized spacial score (nSPS) is 35.3. The number of Topliss-reactive ketones (excluding diaryl/α,β-unsaturated/α-hetero) is 2. The molecule has 10 aliphatic rings. The summed E-state index contributed by atoms with van der Waals surface area (Å²) in [5.41, 5.74) is 0.614. The molecule has 4 N–H and O–H groups in total. The summed E-state index contributed by atoms with van der Waals surface area (Å²) in [4.78, 5) is 98.1. The van der Waals surface area contributed by atoms with E-state index in [1.165, 1.54) is 11.1 Å². The summed E-state index contributed by atoms with van der Waals surface area (Å²) in [6.45, 7) is 40.3. The minimum atomic E-state index is -1.65. The van der Waals surface area contributed by atoms with Gasteiger partial charge in [0.2, 0.25) is 5.82 Å². The number of carbonyl (C=O) groups excluding carboxylic acids is 4. The van der Waals surface area contributed by atoms with E-state index in [0.717, 1.165) is 119 Å². The number of rotatable bonds is 24. The minimum absolute atomic E-state index is 0.0257. The van der Waals surface area contributed by atoms with Crippen molar-refractivity contribution in [3.8, 4) is 23.2 Å². The van der Waals surface area contributed by atoms with Crippen molar-refractivity contribution in [1.82, 2.24) is 55.1 Å². The van der Waals surface area contributed by atoms with E-state index in [2.05, 4.69) is 127 Å². The topological polar surface area (TPSA) is 285 Å². The van der Waals surface area contributed by atoms with Crippen molar-refractivity contribution in [3.05, 3.63) is 74.2 Å². The Balaban J connectivity index is 0.669. The molecule has 0 bridgehead atoms. The highest BCUT2D eigenvalue weighted by molar-refractivity contribution is 6.31. The summed E-state index contributed by atoms with van der Waals surface area (Å²) in [6, 6.07) is 3.54. The first kappa shape index (κ1) is 84.2. The van der Waals surface area contributed by atoms with Crippen molar-refractivity contribution in [2.45, 2.75) is 291 Å². The van der Waals surface area contributed by atoms with Crippen LogP contribution >= 0.6 is 23.2 Å². The van der Waals surface area contributed by atoms with Gasteiger partial charge < -0.3 is 39.5 Å². The van der Waals surface area contributed by atoms with Crippen LogP contribution in [-0.2, 0) is 70.6 Å². The first-order valence-electron chi connectivity index (χ1n) is 43.1. The monoisotopic (exact) mass is 1610 g/mol. The van der Waals surface area contributed by atoms with Gasteiger partial charge in [-0.15, -0.1) is 20.4 Å². The molecular formula is C91H129Cl2N11O10. The molecule has 10 aliphatic carbocycles. The third-order valence-electron chi connectivity index (χ3n) is 34.1. The average molecular weight is 1610 g/mol. The fraction of sp³-hybridized carbons (Fsp3) is 0.747. The maximum absolute atomic E-state index is 15.0. The maximum Gasteiger partial charge on any atom is 0.310 e. The van der Waals surface area contributed by atoms with Gasteiger partial charge in [-0.3, -0.25) is 28.8 Å². The van der Waals surface area contributed by atoms with Gasteiger partial charge in [-0.05, 0) is 241 Å². The summed E-state index contributed by atoms with van der Waals surface area (Å²) in [6.07, 6.45) is 18.5. The zero-order chi connectivity index (χ0) is 82.6. The van der Waals surface area contributed by atoms with Crippen LogP contribution in [0.4, 0.5) is 0 Å². The molecule has 8 fully saturated rings. The Morgan fingerprint density at radius 1 is 0.553 bits per heavy atom. The van der Waals surface area contributed by atoms with E-state index in [0.29, 0.717) is 110 Å². The highest BCUT2D eigenvalue weighted by atomic mass is 35.5. The quantitative estimate of drug-likeness (QED) is 0.0474. The summed E-state index contributed by atoms with van der Waals surface area (Å²) in [7, 11) is 3.84. The predicted octanol–water partition coefficient (Wildman–Crippen LogP) is 17.2. The Labute approximate surface area is 685 Å². The van der Waals surface area contributed by atoms with Crippen LogP contribution in [0, 0.1) is 112 Å². The Kier molecular flexibility index (Phi) is 21.9. The lowest BCUT2D eigenvalue weighted by Crippen LogP contribution is -2.65. The molecule has 17 atom stereocenters. The third kappa shape index (κ3) is 13.3. The molecule has 4 heterocycles. The number of nitrogens with zero attached hydrogens (tertiary/aromatic N) is 9. The molecule has 23 heteroatoms. The van der Waals surface area contributed by atoms with Crippen molar-refractivity contribution in [1.29, 1.82) is 0 Å². The van der Waals surface area contributed by atoms with Crippen molar-refractivity contribution in [2.24, 2.45) is 112 Å². The van der Waals surface area contributed by atoms with Crippen LogP contribution in [0.3, 0.4) is 0 Å². The smallest absolute Gasteiger partial charge is 0.310 e. The molecule has 21 nitrogen and oxygen atoms in total. The molecule has 8 saturated carbocycles. The number of ether oxygens (including phenoxy) is 2. The number of halogens is 2. The predicted molar refractivity (Wildman–Crippen MR) is 438 cm³/mol. The van der Waals surface area contributed by atoms with Gasteiger partial charge in [-0.2, -0.15) is 0 Å². The Hall–Kier alpha value is -6.29. The Bertz CT molecular complexity index is 4560. The number of hydrogen-bond acceptors (Lipinski definition) is 17. The van der Waals surface area contributed by atoms with Crippen LogP contribution in [0.15, 0.2) is 46.8 Å². The number of ketones is 2. The Morgan fingerprint density at radius 2 is 1.00 bits per heavy atom. The maximum atomic E-state index is 15.0. The van der Waals surface area contributed by atoms with Crippen LogP contribution in [0.1, 0.15) is 263 Å². The lowest BCUT2D eigenvalue weighted by Gasteiger charge is -2.72. The van der Waals surface area contributed by atoms with Crippen molar-refractivity contribution < 1.29 is 48.5 Å². The Morgan fingerprint density at radius 3 is 1.44 bits per heavy atom. The van der Waals surface area contributed by atoms with Gasteiger partial charge in [0.1, 0.15) is 29.6 Å². The first-order chi connectivity index (χ1) is 53.4. The molecule has 14 rings (SSSR count). The molecule has 4 aromatic rings. The van der Waals surface area contributed by atoms with E-state index >= 15 is 0 Å². The molecule has 0 amide bonds. The number of carboxylic acid groups (broad SMARTS) is 2. The van der Waals surface area contributed by atoms with E-state index in [9.17, 15) is 39.0 Å². The second-order valence-corrected chi connectivity index (χ2v) is 42.7. The van der Waals surface area contributed by atoms with E-state index in [1.54, 1.807) is 45.3 Å². The largest absolute Gasteiger partial charge is 0.481 e. The van der Waals surface area contributed by atoms with E-state index in [4.69, 9.17) is 58.1 Å². The van der Waals surface area contributed by atoms with Gasteiger partial charge in [-0.1, -0.05) is 131 Å². The first-order valence-corrected chi connectivity index (χ1v) is 43.8. The van der Waals surface area contributed by atoms with Gasteiger partial charge in [0.05, 0.1) is 39.4 Å². The molecule has 0 aromatic carbocycles. The van der Waals surface area contributed by atoms with Gasteiger partial charge >= 0.3 is 23.9 Å². The highest BCUT2D eigenvalue weighted by Gasteiger charge is 2.73. The number of carboxylic acids is 2.